The normalized spacial score (nSPS) is 21.4. The molecule has 0 aliphatic carbocycles. The van der Waals surface area contributed by atoms with Gasteiger partial charge in [-0.05, 0) is 32.4 Å². The van der Waals surface area contributed by atoms with E-state index in [2.05, 4.69) is 15.3 Å². The van der Waals surface area contributed by atoms with Crippen molar-refractivity contribution in [1.29, 1.82) is 0 Å². The number of alkyl halides is 3. The Morgan fingerprint density at radius 1 is 1.38 bits per heavy atom. The van der Waals surface area contributed by atoms with Crippen molar-refractivity contribution in [2.45, 2.75) is 32.0 Å². The molecule has 6 heteroatoms. The summed E-state index contributed by atoms with van der Waals surface area (Å²) in [4.78, 5) is 7.64. The van der Waals surface area contributed by atoms with Crippen LogP contribution in [0.25, 0.3) is 0 Å². The summed E-state index contributed by atoms with van der Waals surface area (Å²) in [5, 5.41) is 3.09. The molecule has 16 heavy (non-hydrogen) atoms. The predicted octanol–water partition coefficient (Wildman–Crippen LogP) is 2.23. The average Bonchev–Trinajstić information content (AvgIpc) is 2.68. The molecule has 1 saturated heterocycles. The van der Waals surface area contributed by atoms with E-state index in [4.69, 9.17) is 0 Å². The van der Waals surface area contributed by atoms with E-state index in [1.807, 2.05) is 0 Å². The lowest BCUT2D eigenvalue weighted by molar-refractivity contribution is -0.141. The molecule has 1 aromatic heterocycles. The largest absolute Gasteiger partial charge is 0.433 e. The van der Waals surface area contributed by atoms with Gasteiger partial charge in [-0.1, -0.05) is 0 Å². The molecule has 1 aliphatic heterocycles. The van der Waals surface area contributed by atoms with Crippen LogP contribution >= 0.6 is 0 Å². The Hall–Kier alpha value is -1.17. The van der Waals surface area contributed by atoms with Crippen LogP contribution in [0.3, 0.4) is 0 Å². The van der Waals surface area contributed by atoms with Gasteiger partial charge in [0.1, 0.15) is 11.5 Å². The van der Waals surface area contributed by atoms with Crippen LogP contribution in [-0.2, 0) is 6.18 Å². The van der Waals surface area contributed by atoms with Gasteiger partial charge in [-0.2, -0.15) is 13.2 Å². The minimum Gasteiger partial charge on any atom is -0.307 e. The van der Waals surface area contributed by atoms with Crippen LogP contribution in [0, 0.1) is 6.92 Å². The maximum atomic E-state index is 12.5. The van der Waals surface area contributed by atoms with E-state index in [1.54, 1.807) is 6.92 Å². The molecule has 0 unspecified atom stereocenters. The third-order valence-corrected chi connectivity index (χ3v) is 2.53. The van der Waals surface area contributed by atoms with E-state index in [0.717, 1.165) is 25.5 Å². The second kappa shape index (κ2) is 4.01. The standard InChI is InChI=1S/C10H12F3N3/c1-6-5-8(10(11,12)13)16-9(15-6)7-3-2-4-14-7/h5,7,14H,2-4H2,1H3/t7-/m0/s1. The predicted molar refractivity (Wildman–Crippen MR) is 51.7 cm³/mol. The van der Waals surface area contributed by atoms with E-state index >= 15 is 0 Å². The SMILES string of the molecule is Cc1cc(C(F)(F)F)nc([C@@H]2CCCN2)n1. The van der Waals surface area contributed by atoms with Gasteiger partial charge in [0.25, 0.3) is 0 Å². The minimum atomic E-state index is -4.40. The summed E-state index contributed by atoms with van der Waals surface area (Å²) in [6, 6.07) is 0.833. The highest BCUT2D eigenvalue weighted by molar-refractivity contribution is 5.15. The van der Waals surface area contributed by atoms with Crippen molar-refractivity contribution >= 4 is 0 Å². The topological polar surface area (TPSA) is 37.8 Å². The van der Waals surface area contributed by atoms with Crippen LogP contribution in [0.4, 0.5) is 13.2 Å². The summed E-state index contributed by atoms with van der Waals surface area (Å²) < 4.78 is 37.6. The van der Waals surface area contributed by atoms with Crippen molar-refractivity contribution in [2.24, 2.45) is 0 Å². The van der Waals surface area contributed by atoms with E-state index < -0.39 is 11.9 Å². The Balaban J connectivity index is 2.35. The van der Waals surface area contributed by atoms with E-state index in [1.165, 1.54) is 0 Å². The summed E-state index contributed by atoms with van der Waals surface area (Å²) in [5.41, 5.74) is -0.505. The first-order chi connectivity index (χ1) is 7.47. The molecule has 0 spiro atoms. The molecule has 0 amide bonds. The molecule has 1 N–H and O–H groups in total. The van der Waals surface area contributed by atoms with Gasteiger partial charge >= 0.3 is 6.18 Å². The maximum absolute atomic E-state index is 12.5. The van der Waals surface area contributed by atoms with Gasteiger partial charge in [-0.15, -0.1) is 0 Å². The molecule has 2 rings (SSSR count). The van der Waals surface area contributed by atoms with Crippen LogP contribution < -0.4 is 5.32 Å². The number of aryl methyl sites for hydroxylation is 1. The molecule has 0 saturated carbocycles. The lowest BCUT2D eigenvalue weighted by atomic mass is 10.2. The number of nitrogens with zero attached hydrogens (tertiary/aromatic N) is 2. The van der Waals surface area contributed by atoms with Gasteiger partial charge in [0.05, 0.1) is 6.04 Å². The first kappa shape index (κ1) is 11.3. The number of nitrogens with one attached hydrogen (secondary N) is 1. The Labute approximate surface area is 91.1 Å². The van der Waals surface area contributed by atoms with Crippen molar-refractivity contribution in [2.75, 3.05) is 6.54 Å². The highest BCUT2D eigenvalue weighted by atomic mass is 19.4. The van der Waals surface area contributed by atoms with Crippen LogP contribution in [0.15, 0.2) is 6.07 Å². The minimum absolute atomic E-state index is 0.138. The molecule has 1 aliphatic rings. The third kappa shape index (κ3) is 2.32. The Morgan fingerprint density at radius 3 is 2.69 bits per heavy atom. The van der Waals surface area contributed by atoms with Crippen LogP contribution in [0.5, 0.6) is 0 Å². The second-order valence-corrected chi connectivity index (χ2v) is 3.90. The third-order valence-electron chi connectivity index (χ3n) is 2.53. The van der Waals surface area contributed by atoms with Crippen LogP contribution in [0.2, 0.25) is 0 Å². The highest BCUT2D eigenvalue weighted by Crippen LogP contribution is 2.29. The van der Waals surface area contributed by atoms with E-state index in [0.29, 0.717) is 5.69 Å². The average molecular weight is 231 g/mol. The molecule has 2 heterocycles. The molecule has 1 fully saturated rings. The highest BCUT2D eigenvalue weighted by Gasteiger charge is 2.34. The van der Waals surface area contributed by atoms with Gasteiger partial charge in [0, 0.05) is 5.69 Å². The second-order valence-electron chi connectivity index (χ2n) is 3.90. The summed E-state index contributed by atoms with van der Waals surface area (Å²) in [7, 11) is 0. The lowest BCUT2D eigenvalue weighted by Gasteiger charge is -2.12. The van der Waals surface area contributed by atoms with Gasteiger partial charge in [0.15, 0.2) is 0 Å². The zero-order chi connectivity index (χ0) is 11.8. The molecular formula is C10H12F3N3. The number of hydrogen-bond acceptors (Lipinski definition) is 3. The molecule has 0 radical (unpaired) electrons. The van der Waals surface area contributed by atoms with Crippen LogP contribution in [-0.4, -0.2) is 16.5 Å². The summed E-state index contributed by atoms with van der Waals surface area (Å²) >= 11 is 0. The molecular weight excluding hydrogens is 219 g/mol. The zero-order valence-electron chi connectivity index (χ0n) is 8.80. The summed E-state index contributed by atoms with van der Waals surface area (Å²) in [6.45, 7) is 2.36. The van der Waals surface area contributed by atoms with Gasteiger partial charge in [-0.25, -0.2) is 9.97 Å². The van der Waals surface area contributed by atoms with Crippen molar-refractivity contribution in [3.63, 3.8) is 0 Å². The Kier molecular flexibility index (Phi) is 2.84. The fourth-order valence-corrected chi connectivity index (χ4v) is 1.80. The fourth-order valence-electron chi connectivity index (χ4n) is 1.80. The van der Waals surface area contributed by atoms with E-state index in [-0.39, 0.29) is 11.9 Å². The van der Waals surface area contributed by atoms with E-state index in [9.17, 15) is 13.2 Å². The lowest BCUT2D eigenvalue weighted by Crippen LogP contribution is -2.19. The Bertz CT molecular complexity index is 383. The molecule has 88 valence electrons. The van der Waals surface area contributed by atoms with Crippen molar-refractivity contribution in [3.05, 3.63) is 23.3 Å². The molecule has 0 bridgehead atoms. The van der Waals surface area contributed by atoms with Gasteiger partial charge in [0.2, 0.25) is 0 Å². The smallest absolute Gasteiger partial charge is 0.307 e. The van der Waals surface area contributed by atoms with Gasteiger partial charge in [-0.3, -0.25) is 0 Å². The first-order valence-electron chi connectivity index (χ1n) is 5.13. The fraction of sp³-hybridized carbons (Fsp3) is 0.600. The van der Waals surface area contributed by atoms with Crippen molar-refractivity contribution in [3.8, 4) is 0 Å². The number of hydrogen-bond donors (Lipinski definition) is 1. The summed E-state index contributed by atoms with van der Waals surface area (Å²) in [5.74, 6) is 0.254. The molecule has 1 aromatic rings. The number of rotatable bonds is 1. The number of halogens is 3. The molecule has 1 atom stereocenters. The van der Waals surface area contributed by atoms with Crippen molar-refractivity contribution < 1.29 is 13.2 Å². The number of aromatic nitrogens is 2. The molecule has 3 nitrogen and oxygen atoms in total. The quantitative estimate of drug-likeness (QED) is 0.805. The first-order valence-corrected chi connectivity index (χ1v) is 5.13. The zero-order valence-corrected chi connectivity index (χ0v) is 8.80. The van der Waals surface area contributed by atoms with Crippen LogP contribution in [0.1, 0.15) is 36.1 Å². The Morgan fingerprint density at radius 2 is 2.12 bits per heavy atom. The molecule has 0 aromatic carbocycles. The monoisotopic (exact) mass is 231 g/mol. The van der Waals surface area contributed by atoms with Crippen molar-refractivity contribution in [1.82, 2.24) is 15.3 Å². The maximum Gasteiger partial charge on any atom is 0.433 e. The van der Waals surface area contributed by atoms with Gasteiger partial charge < -0.3 is 5.32 Å². The summed E-state index contributed by atoms with van der Waals surface area (Å²) in [6.07, 6.45) is -2.66.